The first-order valence-electron chi connectivity index (χ1n) is 5.61. The van der Waals surface area contributed by atoms with Crippen LogP contribution in [-0.2, 0) is 13.1 Å². The molecule has 0 unspecified atom stereocenters. The van der Waals surface area contributed by atoms with Crippen LogP contribution in [-0.4, -0.2) is 6.36 Å². The van der Waals surface area contributed by atoms with Crippen LogP contribution in [0.2, 0.25) is 0 Å². The van der Waals surface area contributed by atoms with Crippen molar-refractivity contribution >= 4 is 0 Å². The van der Waals surface area contributed by atoms with Gasteiger partial charge in [-0.25, -0.2) is 0 Å². The molecule has 6 heteroatoms. The van der Waals surface area contributed by atoms with Crippen LogP contribution in [0.4, 0.5) is 13.2 Å². The van der Waals surface area contributed by atoms with Crippen molar-refractivity contribution in [1.82, 2.24) is 5.32 Å². The molecule has 0 aliphatic rings. The van der Waals surface area contributed by atoms with Crippen LogP contribution < -0.4 is 10.1 Å². The fourth-order valence-electron chi connectivity index (χ4n) is 1.60. The van der Waals surface area contributed by atoms with Gasteiger partial charge in [-0.3, -0.25) is 0 Å². The number of benzene rings is 1. The van der Waals surface area contributed by atoms with Crippen molar-refractivity contribution in [2.24, 2.45) is 0 Å². The minimum Gasteiger partial charge on any atom is -0.468 e. The van der Waals surface area contributed by atoms with Gasteiger partial charge in [-0.15, -0.1) is 13.2 Å². The van der Waals surface area contributed by atoms with E-state index in [0.717, 1.165) is 5.76 Å². The lowest BCUT2D eigenvalue weighted by Gasteiger charge is -2.10. The third-order valence-electron chi connectivity index (χ3n) is 2.34. The Hall–Kier alpha value is -1.95. The Morgan fingerprint density at radius 3 is 2.63 bits per heavy atom. The summed E-state index contributed by atoms with van der Waals surface area (Å²) in [6.45, 7) is 0.938. The molecular weight excluding hydrogens is 259 g/mol. The third kappa shape index (κ3) is 4.67. The highest BCUT2D eigenvalue weighted by Gasteiger charge is 2.31. The number of hydrogen-bond acceptors (Lipinski definition) is 3. The van der Waals surface area contributed by atoms with Gasteiger partial charge in [0.2, 0.25) is 0 Å². The lowest BCUT2D eigenvalue weighted by Crippen LogP contribution is -2.17. The van der Waals surface area contributed by atoms with E-state index in [-0.39, 0.29) is 5.75 Å². The van der Waals surface area contributed by atoms with Crippen LogP contribution in [0.1, 0.15) is 11.3 Å². The Labute approximate surface area is 108 Å². The molecule has 0 spiro atoms. The molecule has 1 aromatic heterocycles. The Balaban J connectivity index is 1.88. The van der Waals surface area contributed by atoms with Crippen molar-refractivity contribution in [1.29, 1.82) is 0 Å². The summed E-state index contributed by atoms with van der Waals surface area (Å²) in [7, 11) is 0. The molecule has 2 aromatic rings. The SMILES string of the molecule is FC(F)(F)Oc1cccc(CNCc2ccco2)c1. The smallest absolute Gasteiger partial charge is 0.468 e. The predicted octanol–water partition coefficient (Wildman–Crippen LogP) is 3.47. The summed E-state index contributed by atoms with van der Waals surface area (Å²) in [6, 6.07) is 9.44. The van der Waals surface area contributed by atoms with Crippen LogP contribution >= 0.6 is 0 Å². The van der Waals surface area contributed by atoms with Crippen LogP contribution in [0, 0.1) is 0 Å². The van der Waals surface area contributed by atoms with Gasteiger partial charge in [-0.1, -0.05) is 12.1 Å². The summed E-state index contributed by atoms with van der Waals surface area (Å²) in [5, 5.41) is 3.06. The summed E-state index contributed by atoms with van der Waals surface area (Å²) in [6.07, 6.45) is -3.10. The van der Waals surface area contributed by atoms with E-state index < -0.39 is 6.36 Å². The highest BCUT2D eigenvalue weighted by molar-refractivity contribution is 5.28. The van der Waals surface area contributed by atoms with Crippen LogP contribution in [0.3, 0.4) is 0 Å². The largest absolute Gasteiger partial charge is 0.573 e. The van der Waals surface area contributed by atoms with E-state index in [1.54, 1.807) is 18.4 Å². The van der Waals surface area contributed by atoms with Gasteiger partial charge in [0.15, 0.2) is 0 Å². The molecule has 0 saturated carbocycles. The van der Waals surface area contributed by atoms with Gasteiger partial charge in [-0.2, -0.15) is 0 Å². The van der Waals surface area contributed by atoms with Crippen molar-refractivity contribution in [3.05, 3.63) is 54.0 Å². The number of furan rings is 1. The number of alkyl halides is 3. The van der Waals surface area contributed by atoms with E-state index in [9.17, 15) is 13.2 Å². The summed E-state index contributed by atoms with van der Waals surface area (Å²) >= 11 is 0. The molecule has 0 atom stereocenters. The summed E-state index contributed by atoms with van der Waals surface area (Å²) in [4.78, 5) is 0. The molecule has 0 saturated heterocycles. The number of rotatable bonds is 5. The lowest BCUT2D eigenvalue weighted by atomic mass is 10.2. The zero-order valence-electron chi connectivity index (χ0n) is 9.91. The zero-order valence-corrected chi connectivity index (χ0v) is 9.91. The fourth-order valence-corrected chi connectivity index (χ4v) is 1.60. The maximum absolute atomic E-state index is 12.1. The number of hydrogen-bond donors (Lipinski definition) is 1. The molecule has 0 radical (unpaired) electrons. The Bertz CT molecular complexity index is 509. The minimum absolute atomic E-state index is 0.218. The van der Waals surface area contributed by atoms with Crippen molar-refractivity contribution in [3.8, 4) is 5.75 Å². The second-order valence-electron chi connectivity index (χ2n) is 3.88. The molecule has 1 aromatic carbocycles. The molecule has 3 nitrogen and oxygen atoms in total. The molecule has 2 rings (SSSR count). The molecule has 0 aliphatic carbocycles. The molecule has 0 fully saturated rings. The average molecular weight is 271 g/mol. The first-order valence-corrected chi connectivity index (χ1v) is 5.61. The molecule has 0 aliphatic heterocycles. The maximum atomic E-state index is 12.1. The number of ether oxygens (including phenoxy) is 1. The van der Waals surface area contributed by atoms with E-state index >= 15 is 0 Å². The molecule has 1 heterocycles. The highest BCUT2D eigenvalue weighted by atomic mass is 19.4. The number of halogens is 3. The van der Waals surface area contributed by atoms with Crippen molar-refractivity contribution in [2.45, 2.75) is 19.5 Å². The van der Waals surface area contributed by atoms with Gasteiger partial charge in [0, 0.05) is 6.54 Å². The molecule has 19 heavy (non-hydrogen) atoms. The molecule has 0 amide bonds. The van der Waals surface area contributed by atoms with Crippen LogP contribution in [0.15, 0.2) is 47.1 Å². The zero-order chi connectivity index (χ0) is 13.7. The van der Waals surface area contributed by atoms with Crippen LogP contribution in [0.25, 0.3) is 0 Å². The van der Waals surface area contributed by atoms with Gasteiger partial charge in [0.1, 0.15) is 11.5 Å². The van der Waals surface area contributed by atoms with Gasteiger partial charge in [-0.05, 0) is 29.8 Å². The molecule has 0 bridgehead atoms. The van der Waals surface area contributed by atoms with E-state index in [1.807, 2.05) is 6.07 Å². The Kier molecular flexibility index (Phi) is 4.11. The van der Waals surface area contributed by atoms with Crippen molar-refractivity contribution in [3.63, 3.8) is 0 Å². The van der Waals surface area contributed by atoms with Gasteiger partial charge >= 0.3 is 6.36 Å². The quantitative estimate of drug-likeness (QED) is 0.904. The highest BCUT2D eigenvalue weighted by Crippen LogP contribution is 2.23. The lowest BCUT2D eigenvalue weighted by molar-refractivity contribution is -0.274. The van der Waals surface area contributed by atoms with E-state index in [2.05, 4.69) is 10.1 Å². The second-order valence-corrected chi connectivity index (χ2v) is 3.88. The molecule has 1 N–H and O–H groups in total. The average Bonchev–Trinajstić information content (AvgIpc) is 2.80. The first-order chi connectivity index (χ1) is 9.03. The summed E-state index contributed by atoms with van der Waals surface area (Å²) in [5.41, 5.74) is 0.702. The number of nitrogens with one attached hydrogen (secondary N) is 1. The van der Waals surface area contributed by atoms with Gasteiger partial charge in [0.25, 0.3) is 0 Å². The minimum atomic E-state index is -4.67. The second kappa shape index (κ2) is 5.79. The van der Waals surface area contributed by atoms with Gasteiger partial charge in [0.05, 0.1) is 12.8 Å². The Morgan fingerprint density at radius 1 is 1.11 bits per heavy atom. The van der Waals surface area contributed by atoms with Crippen LogP contribution in [0.5, 0.6) is 5.75 Å². The fraction of sp³-hybridized carbons (Fsp3) is 0.231. The Morgan fingerprint density at radius 2 is 1.95 bits per heavy atom. The molecular formula is C13H12F3NO2. The van der Waals surface area contributed by atoms with E-state index in [1.165, 1.54) is 18.2 Å². The normalized spacial score (nSPS) is 11.5. The third-order valence-corrected chi connectivity index (χ3v) is 2.34. The summed E-state index contributed by atoms with van der Waals surface area (Å²) in [5.74, 6) is 0.549. The first kappa shape index (κ1) is 13.5. The van der Waals surface area contributed by atoms with Crippen molar-refractivity contribution < 1.29 is 22.3 Å². The summed E-state index contributed by atoms with van der Waals surface area (Å²) < 4.78 is 45.2. The van der Waals surface area contributed by atoms with E-state index in [0.29, 0.717) is 18.7 Å². The van der Waals surface area contributed by atoms with Crippen molar-refractivity contribution in [2.75, 3.05) is 0 Å². The predicted molar refractivity (Wildman–Crippen MR) is 62.4 cm³/mol. The van der Waals surface area contributed by atoms with Gasteiger partial charge < -0.3 is 14.5 Å². The standard InChI is InChI=1S/C13H12F3NO2/c14-13(15,16)19-11-4-1-3-10(7-11)8-17-9-12-5-2-6-18-12/h1-7,17H,8-9H2. The monoisotopic (exact) mass is 271 g/mol. The molecule has 102 valence electrons. The van der Waals surface area contributed by atoms with E-state index in [4.69, 9.17) is 4.42 Å². The topological polar surface area (TPSA) is 34.4 Å². The maximum Gasteiger partial charge on any atom is 0.573 e.